The molecule has 15 heavy (non-hydrogen) atoms. The van der Waals surface area contributed by atoms with Crippen LogP contribution in [0, 0.1) is 17.8 Å². The number of hydrogen-bond acceptors (Lipinski definition) is 4. The largest absolute Gasteiger partial charge is 0.432 e. The van der Waals surface area contributed by atoms with Crippen LogP contribution in [0.3, 0.4) is 0 Å². The summed E-state index contributed by atoms with van der Waals surface area (Å²) < 4.78 is 16.0. The Morgan fingerprint density at radius 2 is 2.27 bits per heavy atom. The SMILES string of the molecule is C=C1C(=O)O[C@H]2O[C@H](OC)[C@H]3CC[C@@H]1[C@@H]23. The van der Waals surface area contributed by atoms with Crippen molar-refractivity contribution in [3.63, 3.8) is 0 Å². The van der Waals surface area contributed by atoms with Gasteiger partial charge < -0.3 is 14.2 Å². The minimum atomic E-state index is -0.412. The Morgan fingerprint density at radius 1 is 1.47 bits per heavy atom. The van der Waals surface area contributed by atoms with Gasteiger partial charge in [-0.1, -0.05) is 6.58 Å². The van der Waals surface area contributed by atoms with Gasteiger partial charge in [0.2, 0.25) is 6.29 Å². The summed E-state index contributed by atoms with van der Waals surface area (Å²) >= 11 is 0. The van der Waals surface area contributed by atoms with Gasteiger partial charge >= 0.3 is 5.97 Å². The van der Waals surface area contributed by atoms with Crippen molar-refractivity contribution in [2.24, 2.45) is 17.8 Å². The maximum atomic E-state index is 11.5. The maximum absolute atomic E-state index is 11.5. The Labute approximate surface area is 88.2 Å². The van der Waals surface area contributed by atoms with Crippen LogP contribution in [0.1, 0.15) is 12.8 Å². The fourth-order valence-corrected chi connectivity index (χ4v) is 3.16. The molecule has 0 N–H and O–H groups in total. The highest BCUT2D eigenvalue weighted by Crippen LogP contribution is 2.53. The lowest BCUT2D eigenvalue weighted by Gasteiger charge is -2.30. The van der Waals surface area contributed by atoms with Crippen molar-refractivity contribution in [1.29, 1.82) is 0 Å². The predicted molar refractivity (Wildman–Crippen MR) is 50.6 cm³/mol. The highest BCUT2D eigenvalue weighted by atomic mass is 16.8. The Hall–Kier alpha value is -0.870. The van der Waals surface area contributed by atoms with Crippen molar-refractivity contribution in [2.75, 3.05) is 7.11 Å². The fourth-order valence-electron chi connectivity index (χ4n) is 3.16. The van der Waals surface area contributed by atoms with Gasteiger partial charge in [0, 0.05) is 24.5 Å². The molecule has 5 atom stereocenters. The van der Waals surface area contributed by atoms with Gasteiger partial charge in [-0.2, -0.15) is 0 Å². The van der Waals surface area contributed by atoms with E-state index in [4.69, 9.17) is 14.2 Å². The summed E-state index contributed by atoms with van der Waals surface area (Å²) in [5, 5.41) is 0. The molecule has 0 spiro atoms. The first-order valence-corrected chi connectivity index (χ1v) is 5.30. The van der Waals surface area contributed by atoms with E-state index in [1.165, 1.54) is 0 Å². The topological polar surface area (TPSA) is 44.8 Å². The molecule has 4 nitrogen and oxygen atoms in total. The third-order valence-corrected chi connectivity index (χ3v) is 3.87. The number of esters is 1. The van der Waals surface area contributed by atoms with E-state index in [9.17, 15) is 4.79 Å². The van der Waals surface area contributed by atoms with Gasteiger partial charge in [0.1, 0.15) is 0 Å². The molecule has 1 saturated carbocycles. The van der Waals surface area contributed by atoms with Crippen LogP contribution in [0.25, 0.3) is 0 Å². The average Bonchev–Trinajstić information content (AvgIpc) is 2.77. The lowest BCUT2D eigenvalue weighted by atomic mass is 9.84. The molecule has 3 aliphatic rings. The number of carbonyl (C=O) groups excluding carboxylic acids is 1. The van der Waals surface area contributed by atoms with Crippen LogP contribution in [-0.2, 0) is 19.0 Å². The average molecular weight is 210 g/mol. The van der Waals surface area contributed by atoms with E-state index in [2.05, 4.69) is 6.58 Å². The van der Waals surface area contributed by atoms with Crippen LogP contribution < -0.4 is 0 Å². The summed E-state index contributed by atoms with van der Waals surface area (Å²) in [5.74, 6) is 0.551. The molecule has 3 rings (SSSR count). The van der Waals surface area contributed by atoms with E-state index in [1.807, 2.05) is 0 Å². The molecule has 0 amide bonds. The quantitative estimate of drug-likeness (QED) is 0.479. The molecule has 0 bridgehead atoms. The first kappa shape index (κ1) is 9.36. The lowest BCUT2D eigenvalue weighted by molar-refractivity contribution is -0.216. The third kappa shape index (κ3) is 1.12. The number of ether oxygens (including phenoxy) is 3. The van der Waals surface area contributed by atoms with Crippen molar-refractivity contribution in [1.82, 2.24) is 0 Å². The van der Waals surface area contributed by atoms with Gasteiger partial charge in [-0.3, -0.25) is 0 Å². The standard InChI is InChI=1S/C11H14O4/c1-5-6-3-4-7-8(6)11(14-9(5)12)15-10(7)13-2/h6-8,10-11H,1,3-4H2,2H3/t6-,7-,8+,10-,11-/m0/s1. The minimum Gasteiger partial charge on any atom is -0.432 e. The summed E-state index contributed by atoms with van der Waals surface area (Å²) in [7, 11) is 1.63. The van der Waals surface area contributed by atoms with Gasteiger partial charge in [-0.15, -0.1) is 0 Å². The highest BCUT2D eigenvalue weighted by Gasteiger charge is 2.57. The summed E-state index contributed by atoms with van der Waals surface area (Å²) in [5.41, 5.74) is 0.610. The summed E-state index contributed by atoms with van der Waals surface area (Å²) in [6.07, 6.45) is 1.40. The minimum absolute atomic E-state index is 0.219. The monoisotopic (exact) mass is 210 g/mol. The van der Waals surface area contributed by atoms with E-state index >= 15 is 0 Å². The van der Waals surface area contributed by atoms with E-state index in [-0.39, 0.29) is 24.1 Å². The number of carbonyl (C=O) groups is 1. The molecule has 4 heteroatoms. The third-order valence-electron chi connectivity index (χ3n) is 3.87. The van der Waals surface area contributed by atoms with E-state index in [1.54, 1.807) is 7.11 Å². The molecular formula is C11H14O4. The highest BCUT2D eigenvalue weighted by molar-refractivity contribution is 5.89. The molecule has 0 aromatic carbocycles. The fraction of sp³-hybridized carbons (Fsp3) is 0.727. The summed E-state index contributed by atoms with van der Waals surface area (Å²) in [6, 6.07) is 0. The molecule has 1 aliphatic carbocycles. The lowest BCUT2D eigenvalue weighted by Crippen LogP contribution is -2.37. The first-order chi connectivity index (χ1) is 7.22. The van der Waals surface area contributed by atoms with Crippen LogP contribution in [0.15, 0.2) is 12.2 Å². The zero-order valence-corrected chi connectivity index (χ0v) is 8.64. The molecule has 2 saturated heterocycles. The van der Waals surface area contributed by atoms with Crippen molar-refractivity contribution < 1.29 is 19.0 Å². The van der Waals surface area contributed by atoms with Crippen molar-refractivity contribution in [3.8, 4) is 0 Å². The van der Waals surface area contributed by atoms with Gasteiger partial charge in [0.15, 0.2) is 6.29 Å². The van der Waals surface area contributed by atoms with Crippen molar-refractivity contribution in [2.45, 2.75) is 25.4 Å². The maximum Gasteiger partial charge on any atom is 0.336 e. The molecule has 0 aromatic heterocycles. The van der Waals surface area contributed by atoms with Crippen molar-refractivity contribution in [3.05, 3.63) is 12.2 Å². The number of rotatable bonds is 1. The first-order valence-electron chi connectivity index (χ1n) is 5.30. The molecule has 0 radical (unpaired) electrons. The predicted octanol–water partition coefficient (Wildman–Crippen LogP) is 1.07. The number of hydrogen-bond donors (Lipinski definition) is 0. The second kappa shape index (κ2) is 3.06. The van der Waals surface area contributed by atoms with Crippen LogP contribution >= 0.6 is 0 Å². The second-order valence-corrected chi connectivity index (χ2v) is 4.46. The van der Waals surface area contributed by atoms with E-state index in [0.29, 0.717) is 11.5 Å². The smallest absolute Gasteiger partial charge is 0.336 e. The molecule has 2 heterocycles. The zero-order chi connectivity index (χ0) is 10.6. The van der Waals surface area contributed by atoms with Gasteiger partial charge in [-0.05, 0) is 18.8 Å². The zero-order valence-electron chi connectivity index (χ0n) is 8.64. The second-order valence-electron chi connectivity index (χ2n) is 4.46. The molecule has 0 aromatic rings. The summed E-state index contributed by atoms with van der Waals surface area (Å²) in [4.78, 5) is 11.5. The molecule has 82 valence electrons. The molecule has 2 aliphatic heterocycles. The Bertz CT molecular complexity index is 325. The Balaban J connectivity index is 1.93. The van der Waals surface area contributed by atoms with Gasteiger partial charge in [0.25, 0.3) is 0 Å². The normalized spacial score (nSPS) is 47.9. The van der Waals surface area contributed by atoms with Crippen LogP contribution in [0.5, 0.6) is 0 Å². The van der Waals surface area contributed by atoms with Crippen LogP contribution in [0.4, 0.5) is 0 Å². The van der Waals surface area contributed by atoms with Gasteiger partial charge in [-0.25, -0.2) is 4.79 Å². The van der Waals surface area contributed by atoms with E-state index in [0.717, 1.165) is 12.8 Å². The molecular weight excluding hydrogens is 196 g/mol. The van der Waals surface area contributed by atoms with Crippen molar-refractivity contribution >= 4 is 5.97 Å². The van der Waals surface area contributed by atoms with Gasteiger partial charge in [0.05, 0.1) is 0 Å². The van der Waals surface area contributed by atoms with Crippen LogP contribution in [-0.4, -0.2) is 25.7 Å². The van der Waals surface area contributed by atoms with Crippen LogP contribution in [0.2, 0.25) is 0 Å². The molecule has 0 unspecified atom stereocenters. The Morgan fingerprint density at radius 3 is 3.00 bits per heavy atom. The Kier molecular flexibility index (Phi) is 1.91. The number of methoxy groups -OCH3 is 1. The summed E-state index contributed by atoms with van der Waals surface area (Å²) in [6.45, 7) is 3.81. The van der Waals surface area contributed by atoms with E-state index < -0.39 is 6.29 Å². The molecule has 3 fully saturated rings.